The molecule has 1 aromatic rings. The van der Waals surface area contributed by atoms with Crippen molar-refractivity contribution in [1.29, 1.82) is 0 Å². The first-order valence-electron chi connectivity index (χ1n) is 6.07. The number of carbonyl (C=O) groups is 1. The van der Waals surface area contributed by atoms with Crippen LogP contribution in [0.3, 0.4) is 0 Å². The van der Waals surface area contributed by atoms with Crippen LogP contribution in [-0.2, 0) is 0 Å². The van der Waals surface area contributed by atoms with Gasteiger partial charge in [0.2, 0.25) is 5.76 Å². The number of nitrogens with zero attached hydrogens (tertiary/aromatic N) is 2. The first-order valence-corrected chi connectivity index (χ1v) is 6.07. The third kappa shape index (κ3) is 2.66. The summed E-state index contributed by atoms with van der Waals surface area (Å²) in [6.45, 7) is 2.13. The molecule has 0 atom stereocenters. The van der Waals surface area contributed by atoms with Crippen molar-refractivity contribution in [2.75, 3.05) is 13.2 Å². The summed E-state index contributed by atoms with van der Waals surface area (Å²) in [6.07, 6.45) is 4.32. The van der Waals surface area contributed by atoms with Crippen LogP contribution in [0, 0.1) is 6.92 Å². The summed E-state index contributed by atoms with van der Waals surface area (Å²) < 4.78 is 4.99. The lowest BCUT2D eigenvalue weighted by Gasteiger charge is -2.27. The molecule has 5 nitrogen and oxygen atoms in total. The third-order valence-corrected chi connectivity index (χ3v) is 3.21. The van der Waals surface area contributed by atoms with E-state index in [2.05, 4.69) is 5.16 Å². The van der Waals surface area contributed by atoms with E-state index in [4.69, 9.17) is 9.63 Å². The molecule has 17 heavy (non-hydrogen) atoms. The van der Waals surface area contributed by atoms with Gasteiger partial charge in [0.1, 0.15) is 0 Å². The van der Waals surface area contributed by atoms with Gasteiger partial charge in [0.05, 0.1) is 12.3 Å². The van der Waals surface area contributed by atoms with Gasteiger partial charge in [-0.05, 0) is 19.8 Å². The standard InChI is InChI=1S/C12H18N2O3/c1-9-8-11(17-13-9)12(16)14(6-7-15)10-4-2-3-5-10/h8,10,15H,2-7H2,1H3. The fourth-order valence-corrected chi connectivity index (χ4v) is 2.38. The van der Waals surface area contributed by atoms with E-state index in [0.717, 1.165) is 25.7 Å². The number of aromatic nitrogens is 1. The Bertz CT molecular complexity index is 383. The molecule has 0 unspecified atom stereocenters. The van der Waals surface area contributed by atoms with Crippen LogP contribution in [0.1, 0.15) is 41.9 Å². The Kier molecular flexibility index (Phi) is 3.78. The van der Waals surface area contributed by atoms with Crippen LogP contribution in [0.2, 0.25) is 0 Å². The summed E-state index contributed by atoms with van der Waals surface area (Å²) in [5.74, 6) is 0.106. The average molecular weight is 238 g/mol. The Morgan fingerprint density at radius 3 is 2.82 bits per heavy atom. The first-order chi connectivity index (χ1) is 8.22. The molecule has 1 fully saturated rings. The van der Waals surface area contributed by atoms with E-state index in [1.807, 2.05) is 0 Å². The molecule has 1 aromatic heterocycles. The van der Waals surface area contributed by atoms with E-state index in [-0.39, 0.29) is 24.3 Å². The lowest BCUT2D eigenvalue weighted by molar-refractivity contribution is 0.0596. The van der Waals surface area contributed by atoms with Crippen molar-refractivity contribution in [2.45, 2.75) is 38.6 Å². The highest BCUT2D eigenvalue weighted by molar-refractivity contribution is 5.91. The summed E-state index contributed by atoms with van der Waals surface area (Å²) in [6, 6.07) is 1.88. The molecule has 94 valence electrons. The number of hydrogen-bond acceptors (Lipinski definition) is 4. The highest BCUT2D eigenvalue weighted by Gasteiger charge is 2.28. The quantitative estimate of drug-likeness (QED) is 0.860. The number of amides is 1. The summed E-state index contributed by atoms with van der Waals surface area (Å²) >= 11 is 0. The number of hydrogen-bond donors (Lipinski definition) is 1. The molecule has 1 aliphatic rings. The van der Waals surface area contributed by atoms with E-state index < -0.39 is 0 Å². The molecule has 0 bridgehead atoms. The van der Waals surface area contributed by atoms with Crippen molar-refractivity contribution in [2.24, 2.45) is 0 Å². The van der Waals surface area contributed by atoms with Crippen LogP contribution in [0.4, 0.5) is 0 Å². The average Bonchev–Trinajstić information content (AvgIpc) is 2.95. The fourth-order valence-electron chi connectivity index (χ4n) is 2.38. The highest BCUT2D eigenvalue weighted by atomic mass is 16.5. The van der Waals surface area contributed by atoms with E-state index in [0.29, 0.717) is 12.2 Å². The number of carbonyl (C=O) groups excluding carboxylic acids is 1. The SMILES string of the molecule is Cc1cc(C(=O)N(CCO)C2CCCC2)on1. The van der Waals surface area contributed by atoms with Crippen LogP contribution in [0.25, 0.3) is 0 Å². The second-order valence-corrected chi connectivity index (χ2v) is 4.49. The summed E-state index contributed by atoms with van der Waals surface area (Å²) in [5, 5.41) is 12.8. The van der Waals surface area contributed by atoms with E-state index >= 15 is 0 Å². The van der Waals surface area contributed by atoms with Crippen molar-refractivity contribution < 1.29 is 14.4 Å². The summed E-state index contributed by atoms with van der Waals surface area (Å²) in [4.78, 5) is 13.9. The zero-order valence-corrected chi connectivity index (χ0v) is 10.1. The van der Waals surface area contributed by atoms with Gasteiger partial charge < -0.3 is 14.5 Å². The molecule has 5 heteroatoms. The van der Waals surface area contributed by atoms with Crippen LogP contribution in [0.15, 0.2) is 10.6 Å². The number of rotatable bonds is 4. The molecule has 0 spiro atoms. The molecule has 1 saturated carbocycles. The zero-order chi connectivity index (χ0) is 12.3. The van der Waals surface area contributed by atoms with Crippen molar-refractivity contribution in [3.05, 3.63) is 17.5 Å². The van der Waals surface area contributed by atoms with Crippen LogP contribution < -0.4 is 0 Å². The minimum absolute atomic E-state index is 0.0185. The van der Waals surface area contributed by atoms with Gasteiger partial charge in [-0.25, -0.2) is 0 Å². The lowest BCUT2D eigenvalue weighted by Crippen LogP contribution is -2.40. The third-order valence-electron chi connectivity index (χ3n) is 3.21. The largest absolute Gasteiger partial charge is 0.395 e. The second-order valence-electron chi connectivity index (χ2n) is 4.49. The van der Waals surface area contributed by atoms with Crippen LogP contribution in [0.5, 0.6) is 0 Å². The van der Waals surface area contributed by atoms with Gasteiger partial charge in [-0.15, -0.1) is 0 Å². The second kappa shape index (κ2) is 5.31. The Labute approximate surface area is 100 Å². The molecule has 0 saturated heterocycles. The van der Waals surface area contributed by atoms with E-state index in [1.54, 1.807) is 17.9 Å². The van der Waals surface area contributed by atoms with Gasteiger partial charge in [-0.3, -0.25) is 4.79 Å². The molecule has 1 N–H and O–H groups in total. The Hall–Kier alpha value is -1.36. The Morgan fingerprint density at radius 2 is 2.29 bits per heavy atom. The summed E-state index contributed by atoms with van der Waals surface area (Å²) in [7, 11) is 0. The molecule has 1 amide bonds. The highest BCUT2D eigenvalue weighted by Crippen LogP contribution is 2.24. The Balaban J connectivity index is 2.12. The number of aliphatic hydroxyl groups is 1. The smallest absolute Gasteiger partial charge is 0.292 e. The molecule has 0 aromatic carbocycles. The van der Waals surface area contributed by atoms with Crippen molar-refractivity contribution in [3.8, 4) is 0 Å². The van der Waals surface area contributed by atoms with Gasteiger partial charge in [0, 0.05) is 18.7 Å². The minimum atomic E-state index is -0.161. The van der Waals surface area contributed by atoms with Gasteiger partial charge in [0.15, 0.2) is 0 Å². The van der Waals surface area contributed by atoms with Crippen LogP contribution in [-0.4, -0.2) is 40.3 Å². The first kappa shape index (κ1) is 12.1. The van der Waals surface area contributed by atoms with E-state index in [9.17, 15) is 4.79 Å². The van der Waals surface area contributed by atoms with Gasteiger partial charge in [-0.1, -0.05) is 18.0 Å². The molecular formula is C12H18N2O3. The van der Waals surface area contributed by atoms with Crippen molar-refractivity contribution in [1.82, 2.24) is 10.1 Å². The molecule has 0 aliphatic heterocycles. The van der Waals surface area contributed by atoms with Crippen molar-refractivity contribution in [3.63, 3.8) is 0 Å². The normalized spacial score (nSPS) is 16.4. The number of aryl methyl sites for hydroxylation is 1. The fraction of sp³-hybridized carbons (Fsp3) is 0.667. The van der Waals surface area contributed by atoms with Gasteiger partial charge in [0.25, 0.3) is 5.91 Å². The van der Waals surface area contributed by atoms with Crippen molar-refractivity contribution >= 4 is 5.91 Å². The minimum Gasteiger partial charge on any atom is -0.395 e. The maximum absolute atomic E-state index is 12.2. The molecule has 0 radical (unpaired) electrons. The van der Waals surface area contributed by atoms with Crippen LogP contribution >= 0.6 is 0 Å². The van der Waals surface area contributed by atoms with Gasteiger partial charge >= 0.3 is 0 Å². The van der Waals surface area contributed by atoms with E-state index in [1.165, 1.54) is 0 Å². The molecule has 2 rings (SSSR count). The lowest BCUT2D eigenvalue weighted by atomic mass is 10.2. The zero-order valence-electron chi connectivity index (χ0n) is 10.1. The maximum Gasteiger partial charge on any atom is 0.292 e. The maximum atomic E-state index is 12.2. The van der Waals surface area contributed by atoms with Gasteiger partial charge in [-0.2, -0.15) is 0 Å². The monoisotopic (exact) mass is 238 g/mol. The molecule has 1 heterocycles. The summed E-state index contributed by atoms with van der Waals surface area (Å²) in [5.41, 5.74) is 0.698. The molecular weight excluding hydrogens is 220 g/mol. The Morgan fingerprint density at radius 1 is 1.59 bits per heavy atom. The predicted octanol–water partition coefficient (Wildman–Crippen LogP) is 1.36. The predicted molar refractivity (Wildman–Crippen MR) is 61.6 cm³/mol. The topological polar surface area (TPSA) is 66.6 Å². The number of aliphatic hydroxyl groups excluding tert-OH is 1. The molecule has 1 aliphatic carbocycles.